The second kappa shape index (κ2) is 8.63. The molecule has 26 heavy (non-hydrogen) atoms. The van der Waals surface area contributed by atoms with E-state index in [9.17, 15) is 10.1 Å². The summed E-state index contributed by atoms with van der Waals surface area (Å²) in [7, 11) is 1.55. The summed E-state index contributed by atoms with van der Waals surface area (Å²) < 4.78 is 6.07. The highest BCUT2D eigenvalue weighted by Crippen LogP contribution is 2.33. The van der Waals surface area contributed by atoms with Crippen LogP contribution in [0.3, 0.4) is 0 Å². The van der Waals surface area contributed by atoms with Crippen LogP contribution < -0.4 is 10.1 Å². The van der Waals surface area contributed by atoms with Crippen molar-refractivity contribution in [3.63, 3.8) is 0 Å². The zero-order valence-corrected chi connectivity index (χ0v) is 15.5. The van der Waals surface area contributed by atoms with Crippen LogP contribution >= 0.6 is 23.1 Å². The molecule has 3 rings (SSSR count). The molecule has 1 N–H and O–H groups in total. The number of nitro groups is 1. The molecule has 0 atom stereocenters. The Labute approximate surface area is 158 Å². The summed E-state index contributed by atoms with van der Waals surface area (Å²) in [5.41, 5.74) is 1.96. The van der Waals surface area contributed by atoms with Crippen molar-refractivity contribution >= 4 is 33.9 Å². The maximum absolute atomic E-state index is 10.9. The molecule has 0 radical (unpaired) electrons. The van der Waals surface area contributed by atoms with Gasteiger partial charge in [0.05, 0.1) is 12.0 Å². The SMILES string of the molecule is COc1ccc([N+](=O)[O-])cc1CSc1nnc(NCc2ccccc2)s1. The van der Waals surface area contributed by atoms with Crippen LogP contribution in [0.5, 0.6) is 5.75 Å². The summed E-state index contributed by atoms with van der Waals surface area (Å²) in [4.78, 5) is 10.5. The molecule has 7 nitrogen and oxygen atoms in total. The van der Waals surface area contributed by atoms with Gasteiger partial charge in [0, 0.05) is 30.0 Å². The molecule has 0 bridgehead atoms. The summed E-state index contributed by atoms with van der Waals surface area (Å²) in [6.07, 6.45) is 0. The average Bonchev–Trinajstić information content (AvgIpc) is 3.13. The Morgan fingerprint density at radius 2 is 2.04 bits per heavy atom. The van der Waals surface area contributed by atoms with Gasteiger partial charge in [-0.05, 0) is 11.6 Å². The number of anilines is 1. The standard InChI is InChI=1S/C17H16N4O3S2/c1-24-15-8-7-14(21(22)23)9-13(15)11-25-17-20-19-16(26-17)18-10-12-5-3-2-4-6-12/h2-9H,10-11H2,1H3,(H,18,19). The minimum atomic E-state index is -0.413. The van der Waals surface area contributed by atoms with Gasteiger partial charge in [0.1, 0.15) is 5.75 Å². The monoisotopic (exact) mass is 388 g/mol. The zero-order chi connectivity index (χ0) is 18.4. The smallest absolute Gasteiger partial charge is 0.270 e. The van der Waals surface area contributed by atoms with Crippen molar-refractivity contribution in [1.82, 2.24) is 10.2 Å². The van der Waals surface area contributed by atoms with E-state index in [4.69, 9.17) is 4.74 Å². The molecule has 0 aliphatic carbocycles. The van der Waals surface area contributed by atoms with Gasteiger partial charge >= 0.3 is 0 Å². The van der Waals surface area contributed by atoms with Crippen LogP contribution in [0.15, 0.2) is 52.9 Å². The minimum Gasteiger partial charge on any atom is -0.496 e. The maximum Gasteiger partial charge on any atom is 0.270 e. The van der Waals surface area contributed by atoms with E-state index in [1.807, 2.05) is 30.3 Å². The number of hydrogen-bond donors (Lipinski definition) is 1. The van der Waals surface area contributed by atoms with Gasteiger partial charge in [-0.3, -0.25) is 10.1 Å². The molecule has 0 aliphatic rings. The Kier molecular flexibility index (Phi) is 6.03. The van der Waals surface area contributed by atoms with Crippen LogP contribution in [0.25, 0.3) is 0 Å². The predicted molar refractivity (Wildman–Crippen MR) is 103 cm³/mol. The number of ether oxygens (including phenoxy) is 1. The van der Waals surface area contributed by atoms with Crippen LogP contribution in [0.2, 0.25) is 0 Å². The molecule has 3 aromatic rings. The van der Waals surface area contributed by atoms with Gasteiger partial charge in [-0.15, -0.1) is 10.2 Å². The van der Waals surface area contributed by atoms with Crippen molar-refractivity contribution in [2.75, 3.05) is 12.4 Å². The Hall–Kier alpha value is -2.65. The van der Waals surface area contributed by atoms with Gasteiger partial charge in [-0.25, -0.2) is 0 Å². The number of nitro benzene ring substituents is 1. The Balaban J connectivity index is 1.61. The molecule has 0 amide bonds. The number of aromatic nitrogens is 2. The number of hydrogen-bond acceptors (Lipinski definition) is 8. The maximum atomic E-state index is 10.9. The molecule has 0 saturated carbocycles. The molecule has 0 aliphatic heterocycles. The molecule has 2 aromatic carbocycles. The lowest BCUT2D eigenvalue weighted by Crippen LogP contribution is -1.98. The number of methoxy groups -OCH3 is 1. The van der Waals surface area contributed by atoms with Crippen molar-refractivity contribution in [2.45, 2.75) is 16.6 Å². The van der Waals surface area contributed by atoms with E-state index >= 15 is 0 Å². The highest BCUT2D eigenvalue weighted by atomic mass is 32.2. The molecule has 0 fully saturated rings. The molecule has 9 heteroatoms. The first-order chi connectivity index (χ1) is 12.7. The van der Waals surface area contributed by atoms with Gasteiger partial charge in [0.25, 0.3) is 5.69 Å². The summed E-state index contributed by atoms with van der Waals surface area (Å²) in [6, 6.07) is 14.6. The lowest BCUT2D eigenvalue weighted by atomic mass is 10.2. The molecule has 134 valence electrons. The quantitative estimate of drug-likeness (QED) is 0.348. The second-order valence-corrected chi connectivity index (χ2v) is 7.45. The number of benzene rings is 2. The minimum absolute atomic E-state index is 0.0453. The molecule has 0 saturated heterocycles. The summed E-state index contributed by atoms with van der Waals surface area (Å²) in [5.74, 6) is 1.13. The fraction of sp³-hybridized carbons (Fsp3) is 0.176. The van der Waals surface area contributed by atoms with Crippen molar-refractivity contribution < 1.29 is 9.66 Å². The van der Waals surface area contributed by atoms with E-state index in [0.29, 0.717) is 18.0 Å². The number of nitrogens with zero attached hydrogens (tertiary/aromatic N) is 3. The molecule has 0 unspecified atom stereocenters. The number of nitrogens with one attached hydrogen (secondary N) is 1. The first kappa shape index (κ1) is 18.2. The lowest BCUT2D eigenvalue weighted by molar-refractivity contribution is -0.384. The molecule has 1 heterocycles. The summed E-state index contributed by atoms with van der Waals surface area (Å²) in [5, 5.41) is 23.2. The van der Waals surface area contributed by atoms with Gasteiger partial charge < -0.3 is 10.1 Å². The normalized spacial score (nSPS) is 10.5. The third-order valence-corrected chi connectivity index (χ3v) is 5.58. The van der Waals surface area contributed by atoms with E-state index < -0.39 is 4.92 Å². The Bertz CT molecular complexity index is 887. The first-order valence-electron chi connectivity index (χ1n) is 7.71. The topological polar surface area (TPSA) is 90.2 Å². The Morgan fingerprint density at radius 3 is 2.77 bits per heavy atom. The van der Waals surface area contributed by atoms with Crippen LogP contribution in [0.1, 0.15) is 11.1 Å². The molecular weight excluding hydrogens is 372 g/mol. The van der Waals surface area contributed by atoms with Gasteiger partial charge in [0.2, 0.25) is 5.13 Å². The first-order valence-corrected chi connectivity index (χ1v) is 9.51. The van der Waals surface area contributed by atoms with Crippen molar-refractivity contribution in [3.8, 4) is 5.75 Å². The number of non-ortho nitro benzene ring substituents is 1. The molecule has 1 aromatic heterocycles. The fourth-order valence-electron chi connectivity index (χ4n) is 2.24. The van der Waals surface area contributed by atoms with Gasteiger partial charge in [-0.1, -0.05) is 53.4 Å². The summed E-state index contributed by atoms with van der Waals surface area (Å²) in [6.45, 7) is 0.679. The number of rotatable bonds is 8. The van der Waals surface area contributed by atoms with Crippen LogP contribution in [-0.2, 0) is 12.3 Å². The highest BCUT2D eigenvalue weighted by Gasteiger charge is 2.13. The van der Waals surface area contributed by atoms with E-state index in [1.54, 1.807) is 13.2 Å². The van der Waals surface area contributed by atoms with Gasteiger partial charge in [0.15, 0.2) is 4.34 Å². The third kappa shape index (κ3) is 4.70. The van der Waals surface area contributed by atoms with E-state index in [0.717, 1.165) is 15.0 Å². The van der Waals surface area contributed by atoms with Crippen molar-refractivity contribution in [2.24, 2.45) is 0 Å². The zero-order valence-electron chi connectivity index (χ0n) is 13.9. The second-order valence-electron chi connectivity index (χ2n) is 5.25. The molecular formula is C17H16N4O3S2. The highest BCUT2D eigenvalue weighted by molar-refractivity contribution is 8.00. The number of thioether (sulfide) groups is 1. The van der Waals surface area contributed by atoms with Crippen molar-refractivity contribution in [1.29, 1.82) is 0 Å². The fourth-order valence-corrected chi connectivity index (χ4v) is 3.97. The predicted octanol–water partition coefficient (Wildman–Crippen LogP) is 4.36. The average molecular weight is 388 g/mol. The lowest BCUT2D eigenvalue weighted by Gasteiger charge is -2.06. The van der Waals surface area contributed by atoms with Crippen LogP contribution in [0.4, 0.5) is 10.8 Å². The van der Waals surface area contributed by atoms with Crippen LogP contribution in [0, 0.1) is 10.1 Å². The van der Waals surface area contributed by atoms with Gasteiger partial charge in [-0.2, -0.15) is 0 Å². The van der Waals surface area contributed by atoms with Crippen LogP contribution in [-0.4, -0.2) is 22.2 Å². The third-order valence-electron chi connectivity index (χ3n) is 3.52. The van der Waals surface area contributed by atoms with E-state index in [1.165, 1.54) is 40.8 Å². The molecule has 0 spiro atoms. The summed E-state index contributed by atoms with van der Waals surface area (Å²) >= 11 is 2.92. The van der Waals surface area contributed by atoms with E-state index in [-0.39, 0.29) is 5.69 Å². The largest absolute Gasteiger partial charge is 0.496 e. The van der Waals surface area contributed by atoms with Crippen molar-refractivity contribution in [3.05, 3.63) is 69.8 Å². The van der Waals surface area contributed by atoms with E-state index in [2.05, 4.69) is 15.5 Å². The Morgan fingerprint density at radius 1 is 1.23 bits per heavy atom.